The molecule has 0 radical (unpaired) electrons. The maximum Gasteiger partial charge on any atom is 0.213 e. The number of hydrogen-bond acceptors (Lipinski definition) is 4. The molecule has 2 aromatic heterocycles. The molecule has 0 saturated carbocycles. The molecule has 0 amide bonds. The van der Waals surface area contributed by atoms with Crippen LogP contribution in [0.4, 0.5) is 0 Å². The number of aromatic nitrogens is 3. The molecule has 1 aromatic carbocycles. The summed E-state index contributed by atoms with van der Waals surface area (Å²) in [6.45, 7) is 7.96. The van der Waals surface area contributed by atoms with Crippen LogP contribution in [0.5, 0.6) is 0 Å². The average molecular weight is 284 g/mol. The van der Waals surface area contributed by atoms with Gasteiger partial charge in [-0.25, -0.2) is 0 Å². The molecule has 0 saturated heterocycles. The first-order valence-electron chi connectivity index (χ1n) is 7.10. The van der Waals surface area contributed by atoms with Gasteiger partial charge >= 0.3 is 0 Å². The lowest BCUT2D eigenvalue weighted by atomic mass is 10.1. The zero-order chi connectivity index (χ0) is 14.9. The van der Waals surface area contributed by atoms with E-state index < -0.39 is 0 Å². The molecular formula is C16H20N4O. The quantitative estimate of drug-likeness (QED) is 0.800. The monoisotopic (exact) mass is 284 g/mol. The number of hydrogen-bond donors (Lipinski definition) is 1. The fourth-order valence-electron chi connectivity index (χ4n) is 2.39. The minimum Gasteiger partial charge on any atom is -0.343 e. The Morgan fingerprint density at radius 2 is 2.10 bits per heavy atom. The predicted octanol–water partition coefficient (Wildman–Crippen LogP) is 2.96. The van der Waals surface area contributed by atoms with Gasteiger partial charge in [-0.15, -0.1) is 0 Å². The minimum absolute atomic E-state index is 0.0905. The standard InChI is InChI=1S/C16H20N4O/c1-16(2,3)18-9-13-6-4-5-12-7-8-20(15(12)13)10-14-17-11-21-19-14/h4-8,11,18H,9-10H2,1-3H3. The van der Waals surface area contributed by atoms with E-state index in [-0.39, 0.29) is 5.54 Å². The Kier molecular flexibility index (Phi) is 3.51. The van der Waals surface area contributed by atoms with E-state index in [1.807, 2.05) is 0 Å². The summed E-state index contributed by atoms with van der Waals surface area (Å²) in [6.07, 6.45) is 3.44. The average Bonchev–Trinajstić information content (AvgIpc) is 3.06. The molecular weight excluding hydrogens is 264 g/mol. The maximum absolute atomic E-state index is 4.81. The van der Waals surface area contributed by atoms with E-state index in [2.05, 4.69) is 71.3 Å². The summed E-state index contributed by atoms with van der Waals surface area (Å²) in [6, 6.07) is 8.51. The molecule has 21 heavy (non-hydrogen) atoms. The van der Waals surface area contributed by atoms with Gasteiger partial charge in [0.2, 0.25) is 6.39 Å². The van der Waals surface area contributed by atoms with Gasteiger partial charge in [0, 0.05) is 18.3 Å². The summed E-state index contributed by atoms with van der Waals surface area (Å²) in [4.78, 5) is 4.10. The minimum atomic E-state index is 0.0905. The van der Waals surface area contributed by atoms with Gasteiger partial charge in [-0.1, -0.05) is 23.4 Å². The molecule has 110 valence electrons. The second-order valence-electron chi connectivity index (χ2n) is 6.25. The zero-order valence-corrected chi connectivity index (χ0v) is 12.6. The molecule has 0 aliphatic carbocycles. The SMILES string of the molecule is CC(C)(C)NCc1cccc2ccn(Cc3ncon3)c12. The van der Waals surface area contributed by atoms with Crippen LogP contribution in [0, 0.1) is 0 Å². The third-order valence-electron chi connectivity index (χ3n) is 3.40. The van der Waals surface area contributed by atoms with Gasteiger partial charge in [0.1, 0.15) is 0 Å². The van der Waals surface area contributed by atoms with Crippen LogP contribution in [0.15, 0.2) is 41.4 Å². The maximum atomic E-state index is 4.81. The van der Waals surface area contributed by atoms with Crippen molar-refractivity contribution in [2.75, 3.05) is 0 Å². The predicted molar refractivity (Wildman–Crippen MR) is 81.9 cm³/mol. The molecule has 3 rings (SSSR count). The molecule has 0 atom stereocenters. The topological polar surface area (TPSA) is 55.9 Å². The number of para-hydroxylation sites is 1. The van der Waals surface area contributed by atoms with E-state index in [0.717, 1.165) is 6.54 Å². The molecule has 5 heteroatoms. The van der Waals surface area contributed by atoms with Crippen molar-refractivity contribution in [1.82, 2.24) is 20.0 Å². The van der Waals surface area contributed by atoms with Gasteiger partial charge in [0.25, 0.3) is 0 Å². The van der Waals surface area contributed by atoms with E-state index in [9.17, 15) is 0 Å². The van der Waals surface area contributed by atoms with E-state index >= 15 is 0 Å². The van der Waals surface area contributed by atoms with E-state index in [4.69, 9.17) is 4.52 Å². The van der Waals surface area contributed by atoms with Crippen LogP contribution >= 0.6 is 0 Å². The molecule has 0 bridgehead atoms. The third kappa shape index (κ3) is 3.13. The van der Waals surface area contributed by atoms with Crippen molar-refractivity contribution in [3.8, 4) is 0 Å². The first-order valence-corrected chi connectivity index (χ1v) is 7.10. The first kappa shape index (κ1) is 13.8. The summed E-state index contributed by atoms with van der Waals surface area (Å²) in [7, 11) is 0. The fraction of sp³-hybridized carbons (Fsp3) is 0.375. The second-order valence-corrected chi connectivity index (χ2v) is 6.25. The molecule has 3 aromatic rings. The van der Waals surface area contributed by atoms with Gasteiger partial charge in [-0.2, -0.15) is 4.98 Å². The van der Waals surface area contributed by atoms with Gasteiger partial charge in [-0.3, -0.25) is 0 Å². The van der Waals surface area contributed by atoms with E-state index in [0.29, 0.717) is 12.4 Å². The summed E-state index contributed by atoms with van der Waals surface area (Å²) in [5.74, 6) is 0.686. The first-order chi connectivity index (χ1) is 10.0. The van der Waals surface area contributed by atoms with Crippen molar-refractivity contribution < 1.29 is 4.52 Å². The van der Waals surface area contributed by atoms with Crippen molar-refractivity contribution >= 4 is 10.9 Å². The fourth-order valence-corrected chi connectivity index (χ4v) is 2.39. The number of rotatable bonds is 4. The van der Waals surface area contributed by atoms with E-state index in [1.54, 1.807) is 0 Å². The second kappa shape index (κ2) is 5.33. The number of benzene rings is 1. The third-order valence-corrected chi connectivity index (χ3v) is 3.40. The highest BCUT2D eigenvalue weighted by Gasteiger charge is 2.12. The number of nitrogens with zero attached hydrogens (tertiary/aromatic N) is 3. The zero-order valence-electron chi connectivity index (χ0n) is 12.6. The van der Waals surface area contributed by atoms with Crippen LogP contribution in [0.3, 0.4) is 0 Å². The van der Waals surface area contributed by atoms with Gasteiger partial charge < -0.3 is 14.4 Å². The highest BCUT2D eigenvalue weighted by Crippen LogP contribution is 2.21. The highest BCUT2D eigenvalue weighted by atomic mass is 16.5. The summed E-state index contributed by atoms with van der Waals surface area (Å²) in [5.41, 5.74) is 2.59. The summed E-state index contributed by atoms with van der Waals surface area (Å²) in [5, 5.41) is 8.66. The molecule has 0 spiro atoms. The van der Waals surface area contributed by atoms with Crippen LogP contribution in [0.2, 0.25) is 0 Å². The van der Waals surface area contributed by atoms with Gasteiger partial charge in [0.15, 0.2) is 5.82 Å². The number of fused-ring (bicyclic) bond motifs is 1. The van der Waals surface area contributed by atoms with Crippen molar-refractivity contribution in [3.05, 3.63) is 48.2 Å². The van der Waals surface area contributed by atoms with E-state index in [1.165, 1.54) is 22.9 Å². The highest BCUT2D eigenvalue weighted by molar-refractivity contribution is 5.83. The van der Waals surface area contributed by atoms with Crippen molar-refractivity contribution in [2.45, 2.75) is 39.4 Å². The van der Waals surface area contributed by atoms with Crippen LogP contribution < -0.4 is 5.32 Å². The van der Waals surface area contributed by atoms with Crippen molar-refractivity contribution in [2.24, 2.45) is 0 Å². The lowest BCUT2D eigenvalue weighted by Gasteiger charge is -2.21. The molecule has 5 nitrogen and oxygen atoms in total. The van der Waals surface area contributed by atoms with Gasteiger partial charge in [0.05, 0.1) is 12.1 Å². The Morgan fingerprint density at radius 1 is 1.24 bits per heavy atom. The lowest BCUT2D eigenvalue weighted by Crippen LogP contribution is -2.35. The molecule has 0 unspecified atom stereocenters. The normalized spacial score (nSPS) is 12.1. The van der Waals surface area contributed by atoms with Gasteiger partial charge in [-0.05, 0) is 37.8 Å². The van der Waals surface area contributed by atoms with Crippen molar-refractivity contribution in [1.29, 1.82) is 0 Å². The molecule has 0 aliphatic heterocycles. The number of nitrogens with one attached hydrogen (secondary N) is 1. The molecule has 2 heterocycles. The van der Waals surface area contributed by atoms with Crippen LogP contribution in [0.25, 0.3) is 10.9 Å². The summed E-state index contributed by atoms with van der Waals surface area (Å²) < 4.78 is 6.98. The smallest absolute Gasteiger partial charge is 0.213 e. The molecule has 0 aliphatic rings. The van der Waals surface area contributed by atoms with Crippen molar-refractivity contribution in [3.63, 3.8) is 0 Å². The summed E-state index contributed by atoms with van der Waals surface area (Å²) >= 11 is 0. The Balaban J connectivity index is 1.94. The van der Waals surface area contributed by atoms with Crippen LogP contribution in [-0.2, 0) is 13.1 Å². The molecule has 1 N–H and O–H groups in total. The Hall–Kier alpha value is -2.14. The Labute approximate surface area is 124 Å². The van der Waals surface area contributed by atoms with Crippen LogP contribution in [-0.4, -0.2) is 20.2 Å². The Morgan fingerprint density at radius 3 is 2.81 bits per heavy atom. The Bertz CT molecular complexity index is 722. The lowest BCUT2D eigenvalue weighted by molar-refractivity contribution is 0.408. The van der Waals surface area contributed by atoms with Crippen LogP contribution in [0.1, 0.15) is 32.2 Å². The largest absolute Gasteiger partial charge is 0.343 e. The molecule has 0 fully saturated rings.